The van der Waals surface area contributed by atoms with Crippen LogP contribution in [0.25, 0.3) is 11.6 Å². The highest BCUT2D eigenvalue weighted by Gasteiger charge is 2.39. The third kappa shape index (κ3) is 5.99. The summed E-state index contributed by atoms with van der Waals surface area (Å²) in [5.74, 6) is -1.47. The maximum Gasteiger partial charge on any atom is 0.330 e. The number of allylic oxidation sites excluding steroid dienone is 1. The third-order valence-electron chi connectivity index (χ3n) is 5.07. The number of Topliss-reactive ketones (excluding diaryl/α,β-unsaturated/α-hetero) is 1. The van der Waals surface area contributed by atoms with Gasteiger partial charge in [0.2, 0.25) is 0 Å². The summed E-state index contributed by atoms with van der Waals surface area (Å²) >= 11 is 0. The molecule has 0 bridgehead atoms. The number of benzene rings is 2. The van der Waals surface area contributed by atoms with Crippen LogP contribution in [0.2, 0.25) is 0 Å². The summed E-state index contributed by atoms with van der Waals surface area (Å²) in [6.07, 6.45) is 3.01. The second-order valence-corrected chi connectivity index (χ2v) is 7.02. The SMILES string of the molecule is C=C(C(=O)c1ccc(/C=C/C(=O)OCC(CC)(CO)C(=O)OC)cc1)c1ccccc1. The molecule has 6 nitrogen and oxygen atoms in total. The van der Waals surface area contributed by atoms with Gasteiger partial charge in [0, 0.05) is 17.2 Å². The van der Waals surface area contributed by atoms with E-state index in [1.807, 2.05) is 30.3 Å². The van der Waals surface area contributed by atoms with E-state index in [9.17, 15) is 19.5 Å². The molecule has 0 aliphatic carbocycles. The predicted octanol–water partition coefficient (Wildman–Crippen LogP) is 3.70. The Bertz CT molecular complexity index is 953. The van der Waals surface area contributed by atoms with Crippen molar-refractivity contribution in [3.63, 3.8) is 0 Å². The average Bonchev–Trinajstić information content (AvgIpc) is 2.83. The van der Waals surface area contributed by atoms with Crippen molar-refractivity contribution in [1.82, 2.24) is 0 Å². The van der Waals surface area contributed by atoms with Gasteiger partial charge in [-0.25, -0.2) is 4.79 Å². The minimum atomic E-state index is -1.28. The number of ether oxygens (including phenoxy) is 2. The van der Waals surface area contributed by atoms with E-state index in [2.05, 4.69) is 6.58 Å². The molecule has 0 saturated heterocycles. The third-order valence-corrected chi connectivity index (χ3v) is 5.07. The van der Waals surface area contributed by atoms with Crippen molar-refractivity contribution in [2.75, 3.05) is 20.3 Å². The van der Waals surface area contributed by atoms with E-state index in [0.717, 1.165) is 5.56 Å². The van der Waals surface area contributed by atoms with E-state index >= 15 is 0 Å². The van der Waals surface area contributed by atoms with Gasteiger partial charge in [-0.05, 0) is 23.6 Å². The highest BCUT2D eigenvalue weighted by molar-refractivity contribution is 6.28. The second kappa shape index (κ2) is 11.0. The van der Waals surface area contributed by atoms with Crippen LogP contribution in [0.4, 0.5) is 0 Å². The Balaban J connectivity index is 1.99. The lowest BCUT2D eigenvalue weighted by Gasteiger charge is -2.26. The molecule has 0 heterocycles. The molecule has 0 spiro atoms. The molecule has 0 radical (unpaired) electrons. The first-order valence-corrected chi connectivity index (χ1v) is 9.80. The molecule has 1 N–H and O–H groups in total. The summed E-state index contributed by atoms with van der Waals surface area (Å²) in [6, 6.07) is 15.9. The van der Waals surface area contributed by atoms with E-state index in [4.69, 9.17) is 9.47 Å². The van der Waals surface area contributed by atoms with Crippen LogP contribution in [-0.4, -0.2) is 43.2 Å². The fraction of sp³-hybridized carbons (Fsp3) is 0.240. The van der Waals surface area contributed by atoms with Crippen molar-refractivity contribution in [3.05, 3.63) is 83.9 Å². The topological polar surface area (TPSA) is 89.9 Å². The van der Waals surface area contributed by atoms with Gasteiger partial charge in [-0.3, -0.25) is 9.59 Å². The van der Waals surface area contributed by atoms with Gasteiger partial charge in [-0.1, -0.05) is 68.1 Å². The number of carbonyl (C=O) groups is 3. The fourth-order valence-corrected chi connectivity index (χ4v) is 2.86. The summed E-state index contributed by atoms with van der Waals surface area (Å²) in [6.45, 7) is 4.81. The van der Waals surface area contributed by atoms with E-state index in [-0.39, 0.29) is 18.8 Å². The number of aliphatic hydroxyl groups is 1. The smallest absolute Gasteiger partial charge is 0.330 e. The van der Waals surface area contributed by atoms with Gasteiger partial charge >= 0.3 is 11.9 Å². The van der Waals surface area contributed by atoms with E-state index in [0.29, 0.717) is 16.7 Å². The van der Waals surface area contributed by atoms with Crippen molar-refractivity contribution in [1.29, 1.82) is 0 Å². The van der Waals surface area contributed by atoms with Crippen molar-refractivity contribution in [3.8, 4) is 0 Å². The molecule has 2 aromatic rings. The molecule has 162 valence electrons. The second-order valence-electron chi connectivity index (χ2n) is 7.02. The number of ketones is 1. The van der Waals surface area contributed by atoms with Gasteiger partial charge in [0.05, 0.1) is 13.7 Å². The molecule has 0 saturated carbocycles. The molecule has 6 heteroatoms. The lowest BCUT2D eigenvalue weighted by atomic mass is 9.87. The Labute approximate surface area is 181 Å². The van der Waals surface area contributed by atoms with Crippen molar-refractivity contribution < 1.29 is 29.0 Å². The van der Waals surface area contributed by atoms with Crippen LogP contribution in [0.5, 0.6) is 0 Å². The van der Waals surface area contributed by atoms with Crippen molar-refractivity contribution in [2.45, 2.75) is 13.3 Å². The van der Waals surface area contributed by atoms with Crippen LogP contribution in [0.3, 0.4) is 0 Å². The molecule has 1 unspecified atom stereocenters. The Morgan fingerprint density at radius 1 is 1.03 bits per heavy atom. The first-order valence-electron chi connectivity index (χ1n) is 9.80. The fourth-order valence-electron chi connectivity index (χ4n) is 2.86. The predicted molar refractivity (Wildman–Crippen MR) is 118 cm³/mol. The summed E-state index contributed by atoms with van der Waals surface area (Å²) < 4.78 is 9.82. The van der Waals surface area contributed by atoms with Crippen LogP contribution in [0, 0.1) is 5.41 Å². The molecule has 0 aliphatic heterocycles. The zero-order valence-corrected chi connectivity index (χ0v) is 17.7. The highest BCUT2D eigenvalue weighted by Crippen LogP contribution is 2.24. The van der Waals surface area contributed by atoms with Gasteiger partial charge < -0.3 is 14.6 Å². The molecule has 0 aliphatic rings. The number of carbonyl (C=O) groups excluding carboxylic acids is 3. The molecule has 2 rings (SSSR count). The van der Waals surface area contributed by atoms with E-state index in [1.54, 1.807) is 31.2 Å². The van der Waals surface area contributed by atoms with Crippen LogP contribution < -0.4 is 0 Å². The zero-order valence-electron chi connectivity index (χ0n) is 17.7. The molecule has 0 fully saturated rings. The van der Waals surface area contributed by atoms with Crippen LogP contribution >= 0.6 is 0 Å². The molecule has 31 heavy (non-hydrogen) atoms. The molecular weight excluding hydrogens is 396 g/mol. The largest absolute Gasteiger partial charge is 0.468 e. The number of methoxy groups -OCH3 is 1. The number of aliphatic hydroxyl groups excluding tert-OH is 1. The van der Waals surface area contributed by atoms with Crippen molar-refractivity contribution in [2.24, 2.45) is 5.41 Å². The minimum Gasteiger partial charge on any atom is -0.468 e. The normalized spacial score (nSPS) is 12.7. The Kier molecular flexibility index (Phi) is 8.46. The standard InChI is InChI=1S/C25H26O6/c1-4-25(16-26,24(29)30-3)17-31-22(27)15-12-19-10-13-21(14-11-19)23(28)18(2)20-8-6-5-7-9-20/h5-15,26H,2,4,16-17H2,1,3H3/b15-12+. The van der Waals surface area contributed by atoms with Crippen LogP contribution in [0.1, 0.15) is 34.8 Å². The Hall–Kier alpha value is -3.51. The van der Waals surface area contributed by atoms with Gasteiger partial charge in [0.25, 0.3) is 0 Å². The highest BCUT2D eigenvalue weighted by atomic mass is 16.5. The van der Waals surface area contributed by atoms with E-state index < -0.39 is 24.0 Å². The van der Waals surface area contributed by atoms with E-state index in [1.165, 1.54) is 19.3 Å². The Morgan fingerprint density at radius 3 is 2.23 bits per heavy atom. The quantitative estimate of drug-likeness (QED) is 0.357. The number of hydrogen-bond donors (Lipinski definition) is 1. The minimum absolute atomic E-state index is 0.177. The average molecular weight is 422 g/mol. The summed E-state index contributed by atoms with van der Waals surface area (Å²) in [4.78, 5) is 36.5. The zero-order chi connectivity index (χ0) is 22.9. The maximum atomic E-state index is 12.6. The maximum absolute atomic E-state index is 12.6. The van der Waals surface area contributed by atoms with Gasteiger partial charge in [-0.15, -0.1) is 0 Å². The van der Waals surface area contributed by atoms with Crippen LogP contribution in [0.15, 0.2) is 67.3 Å². The van der Waals surface area contributed by atoms with Crippen molar-refractivity contribution >= 4 is 29.4 Å². The van der Waals surface area contributed by atoms with Gasteiger partial charge in [-0.2, -0.15) is 0 Å². The first-order chi connectivity index (χ1) is 14.9. The van der Waals surface area contributed by atoms with Gasteiger partial charge in [0.15, 0.2) is 5.78 Å². The number of hydrogen-bond acceptors (Lipinski definition) is 6. The number of rotatable bonds is 10. The molecular formula is C25H26O6. The lowest BCUT2D eigenvalue weighted by Crippen LogP contribution is -2.40. The van der Waals surface area contributed by atoms with Gasteiger partial charge in [0.1, 0.15) is 12.0 Å². The summed E-state index contributed by atoms with van der Waals surface area (Å²) in [5.41, 5.74) is 1.07. The molecule has 0 aromatic heterocycles. The molecule has 1 atom stereocenters. The molecule has 2 aromatic carbocycles. The summed E-state index contributed by atoms with van der Waals surface area (Å²) in [5, 5.41) is 9.54. The monoisotopic (exact) mass is 422 g/mol. The Morgan fingerprint density at radius 2 is 1.68 bits per heavy atom. The van der Waals surface area contributed by atoms with Crippen LogP contribution in [-0.2, 0) is 19.1 Å². The lowest BCUT2D eigenvalue weighted by molar-refractivity contribution is -0.163. The summed E-state index contributed by atoms with van der Waals surface area (Å²) in [7, 11) is 1.22. The molecule has 0 amide bonds. The first kappa shape index (κ1) is 23.8. The number of esters is 2.